The maximum atomic E-state index is 11.8. The number of carboxylic acids is 1. The van der Waals surface area contributed by atoms with Gasteiger partial charge < -0.3 is 5.11 Å². The maximum Gasteiger partial charge on any atom is 0.325 e. The van der Waals surface area contributed by atoms with Gasteiger partial charge in [0.15, 0.2) is 0 Å². The lowest BCUT2D eigenvalue weighted by Gasteiger charge is -1.98. The number of nitrogens with zero attached hydrogens (tertiary/aromatic N) is 4. The lowest BCUT2D eigenvalue weighted by Crippen LogP contribution is -2.11. The number of aromatic nitrogens is 4. The average molecular weight is 210 g/mol. The number of thioether (sulfide) groups is 1. The Morgan fingerprint density at radius 1 is 1.69 bits per heavy atom. The zero-order valence-corrected chi connectivity index (χ0v) is 6.91. The van der Waals surface area contributed by atoms with Crippen LogP contribution in [0.5, 0.6) is 0 Å². The molecule has 0 radical (unpaired) electrons. The first-order valence-corrected chi connectivity index (χ1v) is 3.90. The molecule has 9 heteroatoms. The summed E-state index contributed by atoms with van der Waals surface area (Å²) < 4.78 is 24.4. The Kier molecular flexibility index (Phi) is 3.12. The molecule has 1 rings (SSSR count). The van der Waals surface area contributed by atoms with E-state index in [4.69, 9.17) is 5.11 Å². The lowest BCUT2D eigenvalue weighted by molar-refractivity contribution is -0.138. The Labute approximate surface area is 74.9 Å². The Balaban J connectivity index is 2.71. The van der Waals surface area contributed by atoms with Crippen LogP contribution in [0.25, 0.3) is 0 Å². The summed E-state index contributed by atoms with van der Waals surface area (Å²) in [5.74, 6) is -3.86. The Hall–Kier alpha value is -1.25. The van der Waals surface area contributed by atoms with Gasteiger partial charge in [0.2, 0.25) is 5.16 Å². The highest BCUT2D eigenvalue weighted by molar-refractivity contribution is 7.99. The number of halogens is 2. The van der Waals surface area contributed by atoms with Gasteiger partial charge in [0.25, 0.3) is 5.76 Å². The molecule has 1 aromatic rings. The molecule has 0 fully saturated rings. The monoisotopic (exact) mass is 210 g/mol. The van der Waals surface area contributed by atoms with Crippen LogP contribution in [0, 0.1) is 0 Å². The standard InChI is InChI=1S/C4H4F2N4O2S/c5-3(6)13-4-7-8-9-10(4)1-2(11)12/h3H,1H2,(H,11,12). The molecule has 1 heterocycles. The summed E-state index contributed by atoms with van der Waals surface area (Å²) in [4.78, 5) is 10.2. The Morgan fingerprint density at radius 2 is 2.38 bits per heavy atom. The van der Waals surface area contributed by atoms with Gasteiger partial charge in [0.1, 0.15) is 6.54 Å². The first-order chi connectivity index (χ1) is 6.09. The maximum absolute atomic E-state index is 11.8. The lowest BCUT2D eigenvalue weighted by atomic mass is 10.7. The predicted octanol–water partition coefficient (Wildman–Crippen LogP) is 0.0724. The van der Waals surface area contributed by atoms with Gasteiger partial charge in [0.05, 0.1) is 0 Å². The fraction of sp³-hybridized carbons (Fsp3) is 0.500. The summed E-state index contributed by atoms with van der Waals surface area (Å²) in [5, 5.41) is 17.7. The summed E-state index contributed by atoms with van der Waals surface area (Å²) in [6.07, 6.45) is 0. The van der Waals surface area contributed by atoms with E-state index in [-0.39, 0.29) is 16.9 Å². The smallest absolute Gasteiger partial charge is 0.325 e. The van der Waals surface area contributed by atoms with Crippen molar-refractivity contribution in [3.8, 4) is 0 Å². The summed E-state index contributed by atoms with van der Waals surface area (Å²) >= 11 is 0.104. The van der Waals surface area contributed by atoms with Crippen molar-refractivity contribution < 1.29 is 18.7 Å². The number of hydrogen-bond donors (Lipinski definition) is 1. The highest BCUT2D eigenvalue weighted by Gasteiger charge is 2.14. The molecule has 0 saturated heterocycles. The van der Waals surface area contributed by atoms with Crippen LogP contribution in [-0.4, -0.2) is 37.0 Å². The number of carboxylic acid groups (broad SMARTS) is 1. The topological polar surface area (TPSA) is 80.9 Å². The first kappa shape index (κ1) is 9.84. The number of aliphatic carboxylic acids is 1. The molecule has 0 bridgehead atoms. The van der Waals surface area contributed by atoms with Gasteiger partial charge in [-0.15, -0.1) is 5.10 Å². The zero-order chi connectivity index (χ0) is 9.84. The molecule has 0 saturated carbocycles. The van der Waals surface area contributed by atoms with Gasteiger partial charge >= 0.3 is 5.97 Å². The molecule has 0 amide bonds. The van der Waals surface area contributed by atoms with Crippen LogP contribution >= 0.6 is 11.8 Å². The van der Waals surface area contributed by atoms with Crippen molar-refractivity contribution in [3.05, 3.63) is 0 Å². The largest absolute Gasteiger partial charge is 0.480 e. The summed E-state index contributed by atoms with van der Waals surface area (Å²) in [5.41, 5.74) is 0. The van der Waals surface area contributed by atoms with Crippen LogP contribution in [0.2, 0.25) is 0 Å². The second kappa shape index (κ2) is 4.12. The second-order valence-corrected chi connectivity index (χ2v) is 2.85. The zero-order valence-electron chi connectivity index (χ0n) is 6.09. The Bertz CT molecular complexity index is 304. The molecule has 0 aliphatic heterocycles. The number of alkyl halides is 2. The van der Waals surface area contributed by atoms with E-state index < -0.39 is 18.3 Å². The molecule has 72 valence electrons. The number of rotatable bonds is 4. The van der Waals surface area contributed by atoms with E-state index in [0.29, 0.717) is 0 Å². The van der Waals surface area contributed by atoms with Crippen LogP contribution in [0.3, 0.4) is 0 Å². The van der Waals surface area contributed by atoms with Gasteiger partial charge in [-0.25, -0.2) is 4.68 Å². The van der Waals surface area contributed by atoms with E-state index >= 15 is 0 Å². The van der Waals surface area contributed by atoms with E-state index in [0.717, 1.165) is 4.68 Å². The van der Waals surface area contributed by atoms with Crippen molar-refractivity contribution in [1.82, 2.24) is 20.2 Å². The molecule has 13 heavy (non-hydrogen) atoms. The minimum Gasteiger partial charge on any atom is -0.480 e. The van der Waals surface area contributed by atoms with Gasteiger partial charge in [-0.3, -0.25) is 4.79 Å². The van der Waals surface area contributed by atoms with E-state index in [9.17, 15) is 13.6 Å². The van der Waals surface area contributed by atoms with Crippen LogP contribution in [0.15, 0.2) is 5.16 Å². The second-order valence-electron chi connectivity index (χ2n) is 1.89. The SMILES string of the molecule is O=C(O)Cn1nnnc1SC(F)F. The third kappa shape index (κ3) is 2.93. The third-order valence-electron chi connectivity index (χ3n) is 0.979. The normalized spacial score (nSPS) is 10.7. The molecule has 0 aliphatic rings. The molecule has 0 unspecified atom stereocenters. The molecule has 1 aromatic heterocycles. The van der Waals surface area contributed by atoms with Gasteiger partial charge in [-0.2, -0.15) is 8.78 Å². The number of carbonyl (C=O) groups is 1. The van der Waals surface area contributed by atoms with Crippen LogP contribution in [0.4, 0.5) is 8.78 Å². The molecule has 0 aliphatic carbocycles. The highest BCUT2D eigenvalue weighted by atomic mass is 32.2. The first-order valence-electron chi connectivity index (χ1n) is 3.02. The summed E-state index contributed by atoms with van der Waals surface area (Å²) in [6, 6.07) is 0. The van der Waals surface area contributed by atoms with Gasteiger partial charge in [-0.05, 0) is 22.2 Å². The van der Waals surface area contributed by atoms with Crippen molar-refractivity contribution >= 4 is 17.7 Å². The van der Waals surface area contributed by atoms with Crippen molar-refractivity contribution in [2.45, 2.75) is 17.5 Å². The minimum atomic E-state index is -2.67. The molecule has 0 atom stereocenters. The highest BCUT2D eigenvalue weighted by Crippen LogP contribution is 2.21. The van der Waals surface area contributed by atoms with Crippen molar-refractivity contribution in [2.24, 2.45) is 0 Å². The van der Waals surface area contributed by atoms with Gasteiger partial charge in [-0.1, -0.05) is 0 Å². The van der Waals surface area contributed by atoms with E-state index in [1.165, 1.54) is 0 Å². The van der Waals surface area contributed by atoms with Crippen molar-refractivity contribution in [2.75, 3.05) is 0 Å². The van der Waals surface area contributed by atoms with E-state index in [1.54, 1.807) is 0 Å². The molecule has 0 aromatic carbocycles. The fourth-order valence-electron chi connectivity index (χ4n) is 0.588. The molecule has 0 spiro atoms. The molecular formula is C4H4F2N4O2S. The van der Waals surface area contributed by atoms with E-state index in [1.807, 2.05) is 0 Å². The van der Waals surface area contributed by atoms with Crippen LogP contribution < -0.4 is 0 Å². The Morgan fingerprint density at radius 3 is 2.92 bits per heavy atom. The number of tetrazole rings is 1. The molecule has 1 N–H and O–H groups in total. The van der Waals surface area contributed by atoms with E-state index in [2.05, 4.69) is 15.5 Å². The molecule has 6 nitrogen and oxygen atoms in total. The average Bonchev–Trinajstić information content (AvgIpc) is 2.34. The van der Waals surface area contributed by atoms with Crippen LogP contribution in [0.1, 0.15) is 0 Å². The van der Waals surface area contributed by atoms with Gasteiger partial charge in [0, 0.05) is 0 Å². The van der Waals surface area contributed by atoms with Crippen molar-refractivity contribution in [3.63, 3.8) is 0 Å². The fourth-order valence-corrected chi connectivity index (χ4v) is 1.05. The minimum absolute atomic E-state index is 0.104. The van der Waals surface area contributed by atoms with Crippen LogP contribution in [-0.2, 0) is 11.3 Å². The third-order valence-corrected chi connectivity index (χ3v) is 1.66. The quantitative estimate of drug-likeness (QED) is 0.708. The van der Waals surface area contributed by atoms with Crippen molar-refractivity contribution in [1.29, 1.82) is 0 Å². The molecular weight excluding hydrogens is 206 g/mol. The summed E-state index contributed by atoms with van der Waals surface area (Å²) in [6.45, 7) is -0.526. The number of hydrogen-bond acceptors (Lipinski definition) is 5. The summed E-state index contributed by atoms with van der Waals surface area (Å²) in [7, 11) is 0. The predicted molar refractivity (Wildman–Crippen MR) is 37.3 cm³/mol.